The van der Waals surface area contributed by atoms with Crippen LogP contribution in [0.4, 0.5) is 4.39 Å². The minimum absolute atomic E-state index is 0.216. The van der Waals surface area contributed by atoms with Crippen LogP contribution in [0.15, 0.2) is 24.3 Å². The van der Waals surface area contributed by atoms with Crippen molar-refractivity contribution in [1.29, 1.82) is 0 Å². The summed E-state index contributed by atoms with van der Waals surface area (Å²) in [7, 11) is 0. The van der Waals surface area contributed by atoms with Crippen molar-refractivity contribution < 1.29 is 4.39 Å². The van der Waals surface area contributed by atoms with E-state index in [1.807, 2.05) is 0 Å². The van der Waals surface area contributed by atoms with Crippen LogP contribution in [-0.4, -0.2) is 0 Å². The van der Waals surface area contributed by atoms with E-state index >= 15 is 0 Å². The van der Waals surface area contributed by atoms with E-state index in [4.69, 9.17) is 52.1 Å². The molecule has 0 aliphatic heterocycles. The number of hydrogen-bond donors (Lipinski definition) is 1. The Morgan fingerprint density at radius 1 is 1.00 bits per heavy atom. The molecule has 2 aromatic rings. The van der Waals surface area contributed by atoms with Crippen molar-refractivity contribution >= 4 is 46.4 Å². The van der Waals surface area contributed by atoms with Gasteiger partial charge in [-0.1, -0.05) is 52.5 Å². The van der Waals surface area contributed by atoms with Crippen LogP contribution in [0.2, 0.25) is 20.1 Å². The highest BCUT2D eigenvalue weighted by molar-refractivity contribution is 6.50. The van der Waals surface area contributed by atoms with Crippen LogP contribution in [0.3, 0.4) is 0 Å². The molecule has 6 heteroatoms. The third kappa shape index (κ3) is 2.90. The Hall–Kier alpha value is -0.510. The molecule has 0 saturated heterocycles. The molecule has 0 spiro atoms. The van der Waals surface area contributed by atoms with Gasteiger partial charge in [0, 0.05) is 11.6 Å². The predicted molar refractivity (Wildman–Crippen MR) is 84.5 cm³/mol. The Kier molecular flexibility index (Phi) is 4.83. The van der Waals surface area contributed by atoms with Crippen LogP contribution >= 0.6 is 46.4 Å². The third-order valence-electron chi connectivity index (χ3n) is 2.89. The monoisotopic (exact) mass is 351 g/mol. The number of halogens is 5. The summed E-state index contributed by atoms with van der Waals surface area (Å²) in [6, 6.07) is 5.36. The molecule has 2 aromatic carbocycles. The summed E-state index contributed by atoms with van der Waals surface area (Å²) in [5, 5.41) is 0.925. The number of hydrogen-bond acceptors (Lipinski definition) is 1. The summed E-state index contributed by atoms with van der Waals surface area (Å²) >= 11 is 24.4. The van der Waals surface area contributed by atoms with Crippen LogP contribution in [0.1, 0.15) is 18.5 Å². The van der Waals surface area contributed by atoms with Gasteiger partial charge in [-0.25, -0.2) is 4.39 Å². The van der Waals surface area contributed by atoms with E-state index in [1.165, 1.54) is 18.2 Å². The van der Waals surface area contributed by atoms with Crippen molar-refractivity contribution in [3.63, 3.8) is 0 Å². The Balaban J connectivity index is 2.84. The molecule has 1 unspecified atom stereocenters. The van der Waals surface area contributed by atoms with Gasteiger partial charge in [-0.3, -0.25) is 0 Å². The van der Waals surface area contributed by atoms with E-state index in [2.05, 4.69) is 0 Å². The number of rotatable bonds is 2. The van der Waals surface area contributed by atoms with Gasteiger partial charge in [0.25, 0.3) is 0 Å². The summed E-state index contributed by atoms with van der Waals surface area (Å²) in [5.41, 5.74) is 7.48. The molecular formula is C14H10Cl4FN. The molecule has 106 valence electrons. The molecule has 0 bridgehead atoms. The second kappa shape index (κ2) is 6.08. The maximum absolute atomic E-state index is 13.6. The highest BCUT2D eigenvalue weighted by Gasteiger charge is 2.20. The van der Waals surface area contributed by atoms with Crippen molar-refractivity contribution in [3.8, 4) is 11.1 Å². The van der Waals surface area contributed by atoms with E-state index < -0.39 is 5.82 Å². The SMILES string of the molecule is CC(N)c1ccc(F)cc1-c1c(Cl)c(Cl)cc(Cl)c1Cl. The predicted octanol–water partition coefficient (Wildman–Crippen LogP) is 6.13. The molecule has 1 atom stereocenters. The zero-order chi connectivity index (χ0) is 15.0. The first-order valence-corrected chi connectivity index (χ1v) is 7.22. The van der Waals surface area contributed by atoms with Gasteiger partial charge in [0.1, 0.15) is 5.82 Å². The number of benzene rings is 2. The molecule has 0 aliphatic rings. The zero-order valence-electron chi connectivity index (χ0n) is 10.4. The van der Waals surface area contributed by atoms with Crippen molar-refractivity contribution in [2.45, 2.75) is 13.0 Å². The summed E-state index contributed by atoms with van der Waals surface area (Å²) in [4.78, 5) is 0. The van der Waals surface area contributed by atoms with Gasteiger partial charge in [-0.15, -0.1) is 0 Å². The summed E-state index contributed by atoms with van der Waals surface area (Å²) < 4.78 is 13.6. The smallest absolute Gasteiger partial charge is 0.123 e. The van der Waals surface area contributed by atoms with Crippen molar-refractivity contribution in [2.75, 3.05) is 0 Å². The Labute approximate surface area is 136 Å². The van der Waals surface area contributed by atoms with Crippen molar-refractivity contribution in [1.82, 2.24) is 0 Å². The van der Waals surface area contributed by atoms with E-state index in [-0.39, 0.29) is 26.1 Å². The lowest BCUT2D eigenvalue weighted by Crippen LogP contribution is -2.07. The molecule has 0 radical (unpaired) electrons. The maximum Gasteiger partial charge on any atom is 0.123 e. The molecule has 0 fully saturated rings. The average molecular weight is 353 g/mol. The second-order valence-corrected chi connectivity index (χ2v) is 5.93. The minimum Gasteiger partial charge on any atom is -0.324 e. The first-order chi connectivity index (χ1) is 9.32. The van der Waals surface area contributed by atoms with Crippen LogP contribution < -0.4 is 5.73 Å². The standard InChI is InChI=1S/C14H10Cl4FN/c1-6(20)8-3-2-7(19)4-9(8)12-13(17)10(15)5-11(16)14(12)18/h2-6H,20H2,1H3. The average Bonchev–Trinajstić information content (AvgIpc) is 2.36. The Morgan fingerprint density at radius 2 is 1.55 bits per heavy atom. The fourth-order valence-electron chi connectivity index (χ4n) is 1.95. The first kappa shape index (κ1) is 15.9. The fraction of sp³-hybridized carbons (Fsp3) is 0.143. The molecule has 0 heterocycles. The van der Waals surface area contributed by atoms with Crippen LogP contribution in [0.5, 0.6) is 0 Å². The lowest BCUT2D eigenvalue weighted by atomic mass is 9.95. The molecule has 2 N–H and O–H groups in total. The van der Waals surface area contributed by atoms with E-state index in [9.17, 15) is 4.39 Å². The van der Waals surface area contributed by atoms with Crippen LogP contribution in [0, 0.1) is 5.82 Å². The molecule has 20 heavy (non-hydrogen) atoms. The molecule has 0 aromatic heterocycles. The van der Waals surface area contributed by atoms with Gasteiger partial charge in [-0.05, 0) is 36.2 Å². The lowest BCUT2D eigenvalue weighted by Gasteiger charge is -2.17. The summed E-state index contributed by atoms with van der Waals surface area (Å²) in [5.74, 6) is -0.423. The van der Waals surface area contributed by atoms with Crippen LogP contribution in [0.25, 0.3) is 11.1 Å². The molecule has 0 saturated carbocycles. The number of nitrogens with two attached hydrogens (primary N) is 1. The normalized spacial score (nSPS) is 12.6. The first-order valence-electron chi connectivity index (χ1n) is 5.71. The van der Waals surface area contributed by atoms with Crippen molar-refractivity contribution in [3.05, 3.63) is 55.7 Å². The van der Waals surface area contributed by atoms with Gasteiger partial charge in [0.2, 0.25) is 0 Å². The van der Waals surface area contributed by atoms with E-state index in [1.54, 1.807) is 13.0 Å². The highest BCUT2D eigenvalue weighted by Crippen LogP contribution is 2.45. The summed E-state index contributed by atoms with van der Waals surface area (Å²) in [6.45, 7) is 1.78. The van der Waals surface area contributed by atoms with E-state index in [0.29, 0.717) is 16.7 Å². The van der Waals surface area contributed by atoms with Crippen molar-refractivity contribution in [2.24, 2.45) is 5.73 Å². The largest absolute Gasteiger partial charge is 0.324 e. The van der Waals surface area contributed by atoms with Gasteiger partial charge in [-0.2, -0.15) is 0 Å². The topological polar surface area (TPSA) is 26.0 Å². The molecule has 0 aliphatic carbocycles. The van der Waals surface area contributed by atoms with E-state index in [0.717, 1.165) is 0 Å². The van der Waals surface area contributed by atoms with Gasteiger partial charge >= 0.3 is 0 Å². The second-order valence-electron chi connectivity index (χ2n) is 4.36. The molecule has 0 amide bonds. The van der Waals surface area contributed by atoms with Gasteiger partial charge in [0.15, 0.2) is 0 Å². The zero-order valence-corrected chi connectivity index (χ0v) is 13.4. The molecule has 1 nitrogen and oxygen atoms in total. The molecular weight excluding hydrogens is 343 g/mol. The lowest BCUT2D eigenvalue weighted by molar-refractivity contribution is 0.626. The fourth-order valence-corrected chi connectivity index (χ4v) is 2.96. The van der Waals surface area contributed by atoms with Crippen LogP contribution in [-0.2, 0) is 0 Å². The third-order valence-corrected chi connectivity index (χ3v) is 4.46. The van der Waals surface area contributed by atoms with Gasteiger partial charge < -0.3 is 5.73 Å². The quantitative estimate of drug-likeness (QED) is 0.646. The Morgan fingerprint density at radius 3 is 2.05 bits per heavy atom. The Bertz CT molecular complexity index is 644. The maximum atomic E-state index is 13.6. The summed E-state index contributed by atoms with van der Waals surface area (Å²) in [6.07, 6.45) is 0. The minimum atomic E-state index is -0.423. The highest BCUT2D eigenvalue weighted by atomic mass is 35.5. The van der Waals surface area contributed by atoms with Gasteiger partial charge in [0.05, 0.1) is 20.1 Å². The molecule has 2 rings (SSSR count).